The van der Waals surface area contributed by atoms with Crippen LogP contribution in [0.15, 0.2) is 22.7 Å². The molecule has 0 bridgehead atoms. The lowest BCUT2D eigenvalue weighted by Gasteiger charge is -2.07. The summed E-state index contributed by atoms with van der Waals surface area (Å²) in [7, 11) is -3.58. The molecule has 0 aliphatic carbocycles. The molecule has 0 spiro atoms. The molecule has 1 aromatic rings. The molecule has 0 unspecified atom stereocenters. The maximum Gasteiger partial charge on any atom is 0.266 e. The zero-order chi connectivity index (χ0) is 13.1. The van der Waals surface area contributed by atoms with E-state index in [1.54, 1.807) is 19.1 Å². The van der Waals surface area contributed by atoms with E-state index in [2.05, 4.69) is 15.9 Å². The molecule has 0 radical (unpaired) electrons. The number of halogens is 2. The molecule has 0 aromatic heterocycles. The largest absolute Gasteiger partial charge is 0.268 e. The summed E-state index contributed by atoms with van der Waals surface area (Å²) in [5.41, 5.74) is 0.126. The summed E-state index contributed by atoms with van der Waals surface area (Å²) in [6.07, 6.45) is 0.439. The van der Waals surface area contributed by atoms with Crippen LogP contribution in [0.3, 0.4) is 0 Å². The third-order valence-electron chi connectivity index (χ3n) is 1.92. The molecule has 7 heteroatoms. The van der Waals surface area contributed by atoms with Crippen molar-refractivity contribution in [3.63, 3.8) is 0 Å². The average molecular weight is 341 g/mol. The number of rotatable bonds is 4. The Balaban J connectivity index is 2.95. The van der Waals surface area contributed by atoms with Crippen molar-refractivity contribution in [2.45, 2.75) is 13.3 Å². The topological polar surface area (TPSA) is 63.2 Å². The van der Waals surface area contributed by atoms with Crippen molar-refractivity contribution in [2.24, 2.45) is 0 Å². The summed E-state index contributed by atoms with van der Waals surface area (Å²) < 4.78 is 25.4. The monoisotopic (exact) mass is 339 g/mol. The van der Waals surface area contributed by atoms with Gasteiger partial charge in [-0.05, 0) is 34.5 Å². The van der Waals surface area contributed by atoms with Crippen molar-refractivity contribution < 1.29 is 13.2 Å². The molecule has 0 atom stereocenters. The summed E-state index contributed by atoms with van der Waals surface area (Å²) in [5.74, 6) is -0.811. The van der Waals surface area contributed by atoms with Crippen LogP contribution in [0.4, 0.5) is 0 Å². The smallest absolute Gasteiger partial charge is 0.266 e. The van der Waals surface area contributed by atoms with Gasteiger partial charge in [-0.15, -0.1) is 0 Å². The molecule has 0 heterocycles. The Labute approximate surface area is 114 Å². The first-order chi connectivity index (χ1) is 7.87. The van der Waals surface area contributed by atoms with Gasteiger partial charge in [-0.3, -0.25) is 4.79 Å². The van der Waals surface area contributed by atoms with Crippen molar-refractivity contribution in [3.05, 3.63) is 33.3 Å². The Morgan fingerprint density at radius 2 is 2.12 bits per heavy atom. The summed E-state index contributed by atoms with van der Waals surface area (Å²) in [6.45, 7) is 1.72. The fourth-order valence-corrected chi connectivity index (χ4v) is 2.81. The van der Waals surface area contributed by atoms with Crippen LogP contribution in [0.1, 0.15) is 23.7 Å². The average Bonchev–Trinajstić information content (AvgIpc) is 2.21. The van der Waals surface area contributed by atoms with Crippen LogP contribution in [0, 0.1) is 0 Å². The van der Waals surface area contributed by atoms with Gasteiger partial charge in [-0.2, -0.15) is 0 Å². The normalized spacial score (nSPS) is 11.2. The van der Waals surface area contributed by atoms with Crippen molar-refractivity contribution in [3.8, 4) is 0 Å². The standard InChI is InChI=1S/C10H11BrClNO3S/c1-2-6-17(15,16)13-10(14)7-4-3-5-8(11)9(7)12/h3-5H,2,6H2,1H3,(H,13,14). The van der Waals surface area contributed by atoms with E-state index >= 15 is 0 Å². The second-order valence-corrected chi connectivity index (χ2v) is 6.43. The first kappa shape index (κ1) is 14.5. The van der Waals surface area contributed by atoms with Crippen LogP contribution in [0.5, 0.6) is 0 Å². The molecule has 0 aliphatic rings. The Kier molecular flexibility index (Phi) is 4.97. The van der Waals surface area contributed by atoms with Crippen LogP contribution in [-0.2, 0) is 10.0 Å². The molecule has 1 N–H and O–H groups in total. The molecule has 17 heavy (non-hydrogen) atoms. The van der Waals surface area contributed by atoms with Gasteiger partial charge in [0.1, 0.15) is 0 Å². The molecular weight excluding hydrogens is 330 g/mol. The highest BCUT2D eigenvalue weighted by atomic mass is 79.9. The van der Waals surface area contributed by atoms with Gasteiger partial charge < -0.3 is 0 Å². The molecule has 0 saturated carbocycles. The first-order valence-electron chi connectivity index (χ1n) is 4.86. The third kappa shape index (κ3) is 3.97. The van der Waals surface area contributed by atoms with E-state index in [4.69, 9.17) is 11.6 Å². The summed E-state index contributed by atoms with van der Waals surface area (Å²) >= 11 is 9.05. The lowest BCUT2D eigenvalue weighted by molar-refractivity contribution is 0.0981. The van der Waals surface area contributed by atoms with Crippen molar-refractivity contribution in [2.75, 3.05) is 5.75 Å². The van der Waals surface area contributed by atoms with Gasteiger partial charge in [-0.1, -0.05) is 24.6 Å². The number of hydrogen-bond acceptors (Lipinski definition) is 3. The highest BCUT2D eigenvalue weighted by Gasteiger charge is 2.18. The van der Waals surface area contributed by atoms with Gasteiger partial charge in [0.15, 0.2) is 0 Å². The minimum absolute atomic E-state index is 0.0929. The second kappa shape index (κ2) is 5.84. The summed E-state index contributed by atoms with van der Waals surface area (Å²) in [4.78, 5) is 11.7. The Morgan fingerprint density at radius 3 is 2.71 bits per heavy atom. The number of carbonyl (C=O) groups excluding carboxylic acids is 1. The Morgan fingerprint density at radius 1 is 1.47 bits per heavy atom. The quantitative estimate of drug-likeness (QED) is 0.916. The number of nitrogens with one attached hydrogen (secondary N) is 1. The third-order valence-corrected chi connectivity index (χ3v) is 4.66. The lowest BCUT2D eigenvalue weighted by atomic mass is 10.2. The number of sulfonamides is 1. The molecule has 0 fully saturated rings. The minimum Gasteiger partial charge on any atom is -0.268 e. The molecule has 1 rings (SSSR count). The van der Waals surface area contributed by atoms with E-state index in [9.17, 15) is 13.2 Å². The van der Waals surface area contributed by atoms with Gasteiger partial charge in [0, 0.05) is 4.47 Å². The maximum atomic E-state index is 11.7. The van der Waals surface area contributed by atoms with Gasteiger partial charge in [0.2, 0.25) is 10.0 Å². The fourth-order valence-electron chi connectivity index (χ4n) is 1.20. The zero-order valence-corrected chi connectivity index (χ0v) is 12.2. The van der Waals surface area contributed by atoms with Crippen molar-refractivity contribution >= 4 is 43.5 Å². The highest BCUT2D eigenvalue weighted by Crippen LogP contribution is 2.25. The SMILES string of the molecule is CCCS(=O)(=O)NC(=O)c1cccc(Br)c1Cl. The molecule has 0 aliphatic heterocycles. The van der Waals surface area contributed by atoms with Crippen LogP contribution in [-0.4, -0.2) is 20.1 Å². The number of benzene rings is 1. The predicted octanol–water partition coefficient (Wildman–Crippen LogP) is 2.57. The van der Waals surface area contributed by atoms with Crippen LogP contribution in [0.2, 0.25) is 5.02 Å². The van der Waals surface area contributed by atoms with Gasteiger partial charge >= 0.3 is 0 Å². The van der Waals surface area contributed by atoms with E-state index in [1.807, 2.05) is 4.72 Å². The summed E-state index contributed by atoms with van der Waals surface area (Å²) in [5, 5.41) is 0.191. The van der Waals surface area contributed by atoms with E-state index in [0.717, 1.165) is 0 Å². The predicted molar refractivity (Wildman–Crippen MR) is 70.7 cm³/mol. The van der Waals surface area contributed by atoms with E-state index in [-0.39, 0.29) is 16.3 Å². The Bertz CT molecular complexity index is 530. The highest BCUT2D eigenvalue weighted by molar-refractivity contribution is 9.10. The van der Waals surface area contributed by atoms with Crippen molar-refractivity contribution in [1.29, 1.82) is 0 Å². The fraction of sp³-hybridized carbons (Fsp3) is 0.300. The number of amides is 1. The zero-order valence-electron chi connectivity index (χ0n) is 9.04. The van der Waals surface area contributed by atoms with Gasteiger partial charge in [-0.25, -0.2) is 13.1 Å². The first-order valence-corrected chi connectivity index (χ1v) is 7.68. The van der Waals surface area contributed by atoms with E-state index in [0.29, 0.717) is 10.9 Å². The summed E-state index contributed by atoms with van der Waals surface area (Å²) in [6, 6.07) is 4.74. The second-order valence-electron chi connectivity index (χ2n) is 3.35. The molecule has 1 aromatic carbocycles. The number of hydrogen-bond donors (Lipinski definition) is 1. The Hall–Kier alpha value is -0.590. The maximum absolute atomic E-state index is 11.7. The van der Waals surface area contributed by atoms with E-state index in [1.165, 1.54) is 6.07 Å². The van der Waals surface area contributed by atoms with Gasteiger partial charge in [0.05, 0.1) is 16.3 Å². The molecular formula is C10H11BrClNO3S. The molecule has 1 amide bonds. The van der Waals surface area contributed by atoms with E-state index < -0.39 is 15.9 Å². The van der Waals surface area contributed by atoms with Crippen LogP contribution >= 0.6 is 27.5 Å². The van der Waals surface area contributed by atoms with Gasteiger partial charge in [0.25, 0.3) is 5.91 Å². The van der Waals surface area contributed by atoms with Crippen LogP contribution < -0.4 is 4.72 Å². The molecule has 0 saturated heterocycles. The minimum atomic E-state index is -3.58. The van der Waals surface area contributed by atoms with Crippen molar-refractivity contribution in [1.82, 2.24) is 4.72 Å². The van der Waals surface area contributed by atoms with Crippen LogP contribution in [0.25, 0.3) is 0 Å². The molecule has 94 valence electrons. The lowest BCUT2D eigenvalue weighted by Crippen LogP contribution is -2.32. The number of carbonyl (C=O) groups is 1. The molecule has 4 nitrogen and oxygen atoms in total.